The molecule has 0 aliphatic heterocycles. The van der Waals surface area contributed by atoms with Crippen LogP contribution in [0.1, 0.15) is 26.0 Å². The molecule has 0 aliphatic carbocycles. The Balaban J connectivity index is 0.00000400. The molecule has 1 aromatic rings. The second-order valence-electron chi connectivity index (χ2n) is 5.01. The van der Waals surface area contributed by atoms with Crippen molar-refractivity contribution in [3.05, 3.63) is 23.9 Å². The smallest absolute Gasteiger partial charge is 0.227 e. The van der Waals surface area contributed by atoms with Crippen molar-refractivity contribution in [3.63, 3.8) is 0 Å². The summed E-state index contributed by atoms with van der Waals surface area (Å²) in [7, 11) is 0. The molecule has 1 heterocycles. The molecule has 21 heavy (non-hydrogen) atoms. The fourth-order valence-corrected chi connectivity index (χ4v) is 1.46. The summed E-state index contributed by atoms with van der Waals surface area (Å²) in [6.45, 7) is 7.14. The maximum absolute atomic E-state index is 11.7. The summed E-state index contributed by atoms with van der Waals surface area (Å²) in [5.41, 5.74) is 6.54. The molecule has 0 atom stereocenters. The van der Waals surface area contributed by atoms with Crippen molar-refractivity contribution in [2.24, 2.45) is 16.6 Å². The number of anilines is 1. The molecule has 0 saturated carbocycles. The molecule has 0 radical (unpaired) electrons. The van der Waals surface area contributed by atoms with Crippen LogP contribution in [0.15, 0.2) is 23.2 Å². The molecular weight excluding hydrogens is 381 g/mol. The van der Waals surface area contributed by atoms with Crippen LogP contribution in [0.2, 0.25) is 0 Å². The highest BCUT2D eigenvalue weighted by Crippen LogP contribution is 2.03. The molecule has 0 spiro atoms. The molecule has 1 amide bonds. The summed E-state index contributed by atoms with van der Waals surface area (Å²) in [5, 5.41) is 5.65. The lowest BCUT2D eigenvalue weighted by Crippen LogP contribution is -2.34. The van der Waals surface area contributed by atoms with E-state index in [0.29, 0.717) is 37.2 Å². The van der Waals surface area contributed by atoms with Gasteiger partial charge in [-0.1, -0.05) is 19.9 Å². The van der Waals surface area contributed by atoms with Gasteiger partial charge in [-0.25, -0.2) is 4.98 Å². The zero-order chi connectivity index (χ0) is 15.0. The van der Waals surface area contributed by atoms with E-state index in [0.717, 1.165) is 5.69 Å². The molecule has 1 rings (SSSR count). The van der Waals surface area contributed by atoms with E-state index < -0.39 is 0 Å². The lowest BCUT2D eigenvalue weighted by molar-refractivity contribution is -0.116. The monoisotopic (exact) mass is 405 g/mol. The first kappa shape index (κ1) is 19.6. The Hall–Kier alpha value is -1.38. The highest BCUT2D eigenvalue weighted by atomic mass is 127. The van der Waals surface area contributed by atoms with Crippen LogP contribution in [-0.2, 0) is 4.79 Å². The summed E-state index contributed by atoms with van der Waals surface area (Å²) in [6, 6.07) is 5.49. The first-order chi connectivity index (χ1) is 9.47. The molecule has 1 aromatic heterocycles. The van der Waals surface area contributed by atoms with Gasteiger partial charge in [0.2, 0.25) is 5.91 Å². The minimum atomic E-state index is -0.104. The van der Waals surface area contributed by atoms with Crippen LogP contribution in [-0.4, -0.2) is 29.9 Å². The van der Waals surface area contributed by atoms with Gasteiger partial charge in [-0.2, -0.15) is 0 Å². The molecule has 7 heteroatoms. The van der Waals surface area contributed by atoms with Crippen LogP contribution in [0.3, 0.4) is 0 Å². The first-order valence-electron chi connectivity index (χ1n) is 6.74. The summed E-state index contributed by atoms with van der Waals surface area (Å²) in [5.74, 6) is 1.30. The Kier molecular flexibility index (Phi) is 9.68. The highest BCUT2D eigenvalue weighted by molar-refractivity contribution is 14.0. The number of hydrogen-bond donors (Lipinski definition) is 3. The normalized spacial score (nSPS) is 11.0. The third-order valence-electron chi connectivity index (χ3n) is 2.44. The van der Waals surface area contributed by atoms with Crippen LogP contribution in [0, 0.1) is 12.8 Å². The number of guanidine groups is 1. The second-order valence-corrected chi connectivity index (χ2v) is 5.01. The van der Waals surface area contributed by atoms with Crippen molar-refractivity contribution in [2.45, 2.75) is 27.2 Å². The maximum atomic E-state index is 11.7. The average molecular weight is 405 g/mol. The van der Waals surface area contributed by atoms with Gasteiger partial charge in [0.1, 0.15) is 5.82 Å². The number of rotatable bonds is 6. The maximum Gasteiger partial charge on any atom is 0.227 e. The van der Waals surface area contributed by atoms with Crippen molar-refractivity contribution in [2.75, 3.05) is 18.4 Å². The van der Waals surface area contributed by atoms with Gasteiger partial charge in [0.25, 0.3) is 0 Å². The molecule has 4 N–H and O–H groups in total. The second kappa shape index (κ2) is 10.4. The molecule has 0 saturated heterocycles. The van der Waals surface area contributed by atoms with Gasteiger partial charge < -0.3 is 16.4 Å². The van der Waals surface area contributed by atoms with E-state index in [-0.39, 0.29) is 29.9 Å². The number of pyridine rings is 1. The Morgan fingerprint density at radius 3 is 2.76 bits per heavy atom. The Morgan fingerprint density at radius 1 is 1.43 bits per heavy atom. The van der Waals surface area contributed by atoms with Gasteiger partial charge in [-0.15, -0.1) is 24.0 Å². The summed E-state index contributed by atoms with van der Waals surface area (Å²) in [4.78, 5) is 20.1. The summed E-state index contributed by atoms with van der Waals surface area (Å²) in [6.07, 6.45) is 0.313. The van der Waals surface area contributed by atoms with Gasteiger partial charge in [0.15, 0.2) is 5.96 Å². The number of carbonyl (C=O) groups is 1. The summed E-state index contributed by atoms with van der Waals surface area (Å²) < 4.78 is 0. The van der Waals surface area contributed by atoms with Gasteiger partial charge in [-0.05, 0) is 25.0 Å². The lowest BCUT2D eigenvalue weighted by Gasteiger charge is -2.07. The van der Waals surface area contributed by atoms with Crippen LogP contribution < -0.4 is 16.4 Å². The van der Waals surface area contributed by atoms with Crippen LogP contribution >= 0.6 is 24.0 Å². The highest BCUT2D eigenvalue weighted by Gasteiger charge is 2.03. The van der Waals surface area contributed by atoms with E-state index in [9.17, 15) is 4.79 Å². The molecule has 0 aromatic carbocycles. The number of halogens is 1. The zero-order valence-corrected chi connectivity index (χ0v) is 15.0. The minimum absolute atomic E-state index is 0. The first-order valence-corrected chi connectivity index (χ1v) is 6.74. The number of hydrogen-bond acceptors (Lipinski definition) is 3. The third-order valence-corrected chi connectivity index (χ3v) is 2.44. The molecule has 0 aliphatic rings. The number of aryl methyl sites for hydroxylation is 1. The average Bonchev–Trinajstić information content (AvgIpc) is 2.36. The number of nitrogens with zero attached hydrogens (tertiary/aromatic N) is 2. The van der Waals surface area contributed by atoms with E-state index >= 15 is 0 Å². The quantitative estimate of drug-likeness (QED) is 0.383. The molecule has 0 fully saturated rings. The van der Waals surface area contributed by atoms with Gasteiger partial charge >= 0.3 is 0 Å². The number of nitrogens with two attached hydrogens (primary N) is 1. The number of aliphatic imine (C=N–C) groups is 1. The zero-order valence-electron chi connectivity index (χ0n) is 12.7. The van der Waals surface area contributed by atoms with Crippen molar-refractivity contribution in [3.8, 4) is 0 Å². The van der Waals surface area contributed by atoms with E-state index in [1.165, 1.54) is 0 Å². The van der Waals surface area contributed by atoms with Gasteiger partial charge in [0, 0.05) is 25.2 Å². The van der Waals surface area contributed by atoms with Crippen molar-refractivity contribution in [1.82, 2.24) is 10.3 Å². The molecule has 0 unspecified atom stereocenters. The summed E-state index contributed by atoms with van der Waals surface area (Å²) >= 11 is 0. The fraction of sp³-hybridized carbons (Fsp3) is 0.500. The lowest BCUT2D eigenvalue weighted by atomic mass is 10.2. The standard InChI is InChI=1S/C14H23N5O.HI/c1-10(2)9-17-14(15)16-8-7-13(20)19-12-6-4-5-11(3)18-12;/h4-6,10H,7-9H2,1-3H3,(H3,15,16,17)(H,18,19,20);1H. The Bertz CT molecular complexity index is 476. The van der Waals surface area contributed by atoms with Crippen LogP contribution in [0.5, 0.6) is 0 Å². The number of aromatic nitrogens is 1. The van der Waals surface area contributed by atoms with Crippen molar-refractivity contribution < 1.29 is 4.79 Å². The van der Waals surface area contributed by atoms with Gasteiger partial charge in [-0.3, -0.25) is 9.79 Å². The predicted octanol–water partition coefficient (Wildman–Crippen LogP) is 1.90. The Morgan fingerprint density at radius 2 is 2.14 bits per heavy atom. The van der Waals surface area contributed by atoms with Crippen LogP contribution in [0.4, 0.5) is 5.82 Å². The third kappa shape index (κ3) is 9.22. The van der Waals surface area contributed by atoms with Crippen molar-refractivity contribution >= 4 is 41.7 Å². The van der Waals surface area contributed by atoms with Gasteiger partial charge in [0.05, 0.1) is 0 Å². The molecule has 118 valence electrons. The van der Waals surface area contributed by atoms with E-state index in [1.54, 1.807) is 6.07 Å². The number of nitrogens with one attached hydrogen (secondary N) is 2. The van der Waals surface area contributed by atoms with Crippen LogP contribution in [0.25, 0.3) is 0 Å². The SMILES string of the molecule is Cc1cccc(NC(=O)CCNC(N)=NCC(C)C)n1.I. The largest absolute Gasteiger partial charge is 0.370 e. The predicted molar refractivity (Wildman–Crippen MR) is 97.0 cm³/mol. The number of amides is 1. The fourth-order valence-electron chi connectivity index (χ4n) is 1.46. The minimum Gasteiger partial charge on any atom is -0.370 e. The Labute approximate surface area is 143 Å². The molecule has 6 nitrogen and oxygen atoms in total. The molecular formula is C14H24IN5O. The van der Waals surface area contributed by atoms with E-state index in [4.69, 9.17) is 5.73 Å². The van der Waals surface area contributed by atoms with Crippen molar-refractivity contribution in [1.29, 1.82) is 0 Å². The van der Waals surface area contributed by atoms with E-state index in [1.807, 2.05) is 19.1 Å². The molecule has 0 bridgehead atoms. The number of carbonyl (C=O) groups excluding carboxylic acids is 1. The topological polar surface area (TPSA) is 92.4 Å². The van der Waals surface area contributed by atoms with E-state index in [2.05, 4.69) is 34.5 Å².